The normalized spacial score (nSPS) is 11.0. The van der Waals surface area contributed by atoms with Gasteiger partial charge in [0.05, 0.1) is 0 Å². The number of aromatic nitrogens is 1. The molecule has 2 aromatic rings. The SMILES string of the molecule is Cc1cc(C(=O)N(CCCc2ccccc2)CCN(C)C)no1. The molecular weight excluding hydrogens is 290 g/mol. The zero-order valence-electron chi connectivity index (χ0n) is 14.2. The summed E-state index contributed by atoms with van der Waals surface area (Å²) >= 11 is 0. The lowest BCUT2D eigenvalue weighted by molar-refractivity contribution is 0.0732. The van der Waals surface area contributed by atoms with Crippen LogP contribution in [0.15, 0.2) is 40.9 Å². The van der Waals surface area contributed by atoms with E-state index in [9.17, 15) is 4.79 Å². The smallest absolute Gasteiger partial charge is 0.276 e. The van der Waals surface area contributed by atoms with Crippen LogP contribution in [0.25, 0.3) is 0 Å². The van der Waals surface area contributed by atoms with Crippen LogP contribution in [-0.2, 0) is 6.42 Å². The van der Waals surface area contributed by atoms with Gasteiger partial charge in [-0.25, -0.2) is 0 Å². The van der Waals surface area contributed by atoms with Gasteiger partial charge in [0.1, 0.15) is 5.76 Å². The van der Waals surface area contributed by atoms with Crippen LogP contribution in [0.5, 0.6) is 0 Å². The van der Waals surface area contributed by atoms with Gasteiger partial charge in [-0.1, -0.05) is 35.5 Å². The van der Waals surface area contributed by atoms with Gasteiger partial charge in [0, 0.05) is 25.7 Å². The summed E-state index contributed by atoms with van der Waals surface area (Å²) in [5, 5.41) is 3.85. The fraction of sp³-hybridized carbons (Fsp3) is 0.444. The molecule has 0 fully saturated rings. The third kappa shape index (κ3) is 5.53. The summed E-state index contributed by atoms with van der Waals surface area (Å²) in [5.41, 5.74) is 1.69. The predicted octanol–water partition coefficient (Wildman–Crippen LogP) is 2.62. The lowest BCUT2D eigenvalue weighted by atomic mass is 10.1. The fourth-order valence-corrected chi connectivity index (χ4v) is 2.38. The molecule has 0 saturated heterocycles. The quantitative estimate of drug-likeness (QED) is 0.751. The number of nitrogens with zero attached hydrogens (tertiary/aromatic N) is 3. The summed E-state index contributed by atoms with van der Waals surface area (Å²) in [6, 6.07) is 12.0. The van der Waals surface area contributed by atoms with E-state index < -0.39 is 0 Å². The maximum Gasteiger partial charge on any atom is 0.276 e. The largest absolute Gasteiger partial charge is 0.361 e. The van der Waals surface area contributed by atoms with Crippen LogP contribution in [0.2, 0.25) is 0 Å². The first-order valence-electron chi connectivity index (χ1n) is 7.97. The first-order valence-corrected chi connectivity index (χ1v) is 7.97. The van der Waals surface area contributed by atoms with Gasteiger partial charge < -0.3 is 14.3 Å². The third-order valence-corrected chi connectivity index (χ3v) is 3.69. The Balaban J connectivity index is 1.94. The van der Waals surface area contributed by atoms with Crippen LogP contribution < -0.4 is 0 Å². The van der Waals surface area contributed by atoms with E-state index in [1.807, 2.05) is 37.2 Å². The number of amides is 1. The number of carbonyl (C=O) groups is 1. The summed E-state index contributed by atoms with van der Waals surface area (Å²) < 4.78 is 5.03. The van der Waals surface area contributed by atoms with Crippen molar-refractivity contribution in [1.82, 2.24) is 15.0 Å². The van der Waals surface area contributed by atoms with E-state index in [0.717, 1.165) is 19.4 Å². The fourth-order valence-electron chi connectivity index (χ4n) is 2.38. The van der Waals surface area contributed by atoms with E-state index in [2.05, 4.69) is 22.2 Å². The van der Waals surface area contributed by atoms with Crippen LogP contribution in [0, 0.1) is 6.92 Å². The molecule has 2 rings (SSSR count). The molecule has 0 saturated carbocycles. The summed E-state index contributed by atoms with van der Waals surface area (Å²) in [4.78, 5) is 16.5. The third-order valence-electron chi connectivity index (χ3n) is 3.69. The Hall–Kier alpha value is -2.14. The molecule has 0 atom stereocenters. The molecule has 124 valence electrons. The van der Waals surface area contributed by atoms with Crippen molar-refractivity contribution in [2.45, 2.75) is 19.8 Å². The van der Waals surface area contributed by atoms with E-state index >= 15 is 0 Å². The number of carbonyl (C=O) groups excluding carboxylic acids is 1. The molecule has 5 heteroatoms. The van der Waals surface area contributed by atoms with Crippen LogP contribution in [0.3, 0.4) is 0 Å². The molecule has 0 N–H and O–H groups in total. The van der Waals surface area contributed by atoms with Crippen molar-refractivity contribution in [3.8, 4) is 0 Å². The Morgan fingerprint density at radius 2 is 1.87 bits per heavy atom. The number of hydrogen-bond donors (Lipinski definition) is 0. The van der Waals surface area contributed by atoms with Crippen LogP contribution in [-0.4, -0.2) is 54.6 Å². The Kier molecular flexibility index (Phi) is 6.35. The second kappa shape index (κ2) is 8.48. The highest BCUT2D eigenvalue weighted by atomic mass is 16.5. The molecule has 1 aromatic heterocycles. The molecule has 0 aliphatic rings. The molecule has 0 spiro atoms. The first-order chi connectivity index (χ1) is 11.1. The van der Waals surface area contributed by atoms with Gasteiger partial charge >= 0.3 is 0 Å². The lowest BCUT2D eigenvalue weighted by Crippen LogP contribution is -2.37. The zero-order valence-corrected chi connectivity index (χ0v) is 14.2. The molecule has 0 aliphatic carbocycles. The molecule has 1 aromatic carbocycles. The number of benzene rings is 1. The van der Waals surface area contributed by atoms with Crippen molar-refractivity contribution in [1.29, 1.82) is 0 Å². The average Bonchev–Trinajstić information content (AvgIpc) is 2.97. The van der Waals surface area contributed by atoms with Gasteiger partial charge in [0.25, 0.3) is 5.91 Å². The summed E-state index contributed by atoms with van der Waals surface area (Å²) in [6.45, 7) is 4.03. The van der Waals surface area contributed by atoms with Crippen molar-refractivity contribution in [2.24, 2.45) is 0 Å². The van der Waals surface area contributed by atoms with E-state index in [-0.39, 0.29) is 5.91 Å². The topological polar surface area (TPSA) is 49.6 Å². The van der Waals surface area contributed by atoms with E-state index in [4.69, 9.17) is 4.52 Å². The minimum Gasteiger partial charge on any atom is -0.361 e. The molecule has 0 radical (unpaired) electrons. The van der Waals surface area contributed by atoms with Gasteiger partial charge in [0.2, 0.25) is 0 Å². The van der Waals surface area contributed by atoms with Crippen LogP contribution in [0.1, 0.15) is 28.2 Å². The standard InChI is InChI=1S/C18H25N3O2/c1-15-14-17(19-23-15)18(22)21(13-12-20(2)3)11-7-10-16-8-5-4-6-9-16/h4-6,8-9,14H,7,10-13H2,1-3H3. The summed E-state index contributed by atoms with van der Waals surface area (Å²) in [7, 11) is 4.01. The first kappa shape index (κ1) is 17.2. The summed E-state index contributed by atoms with van der Waals surface area (Å²) in [6.07, 6.45) is 1.89. The predicted molar refractivity (Wildman–Crippen MR) is 90.5 cm³/mol. The monoisotopic (exact) mass is 315 g/mol. The second-order valence-electron chi connectivity index (χ2n) is 6.01. The van der Waals surface area contributed by atoms with E-state index in [1.54, 1.807) is 13.0 Å². The highest BCUT2D eigenvalue weighted by Crippen LogP contribution is 2.09. The number of hydrogen-bond acceptors (Lipinski definition) is 4. The van der Waals surface area contributed by atoms with Gasteiger partial charge in [0.15, 0.2) is 5.69 Å². The molecule has 1 heterocycles. The van der Waals surface area contributed by atoms with Crippen LogP contribution in [0.4, 0.5) is 0 Å². The molecule has 23 heavy (non-hydrogen) atoms. The van der Waals surface area contributed by atoms with Gasteiger partial charge in [-0.3, -0.25) is 4.79 Å². The van der Waals surface area contributed by atoms with E-state index in [1.165, 1.54) is 5.56 Å². The molecule has 0 bridgehead atoms. The molecule has 5 nitrogen and oxygen atoms in total. The summed E-state index contributed by atoms with van der Waals surface area (Å²) in [5.74, 6) is 0.599. The molecule has 0 aliphatic heterocycles. The number of rotatable bonds is 8. The average molecular weight is 315 g/mol. The Morgan fingerprint density at radius 3 is 2.48 bits per heavy atom. The number of aryl methyl sites for hydroxylation is 2. The molecule has 1 amide bonds. The number of likely N-dealkylation sites (N-methyl/N-ethyl adjacent to an activating group) is 1. The minimum absolute atomic E-state index is 0.0586. The van der Waals surface area contributed by atoms with Gasteiger partial charge in [-0.2, -0.15) is 0 Å². The van der Waals surface area contributed by atoms with Crippen molar-refractivity contribution in [3.63, 3.8) is 0 Å². The van der Waals surface area contributed by atoms with E-state index in [0.29, 0.717) is 24.5 Å². The minimum atomic E-state index is -0.0586. The Bertz CT molecular complexity index is 608. The maximum atomic E-state index is 12.6. The highest BCUT2D eigenvalue weighted by Gasteiger charge is 2.19. The zero-order chi connectivity index (χ0) is 16.7. The Labute approximate surface area is 137 Å². The molecular formula is C18H25N3O2. The van der Waals surface area contributed by atoms with Gasteiger partial charge in [-0.05, 0) is 39.4 Å². The highest BCUT2D eigenvalue weighted by molar-refractivity contribution is 5.92. The van der Waals surface area contributed by atoms with Gasteiger partial charge in [-0.15, -0.1) is 0 Å². The van der Waals surface area contributed by atoms with Crippen molar-refractivity contribution in [2.75, 3.05) is 33.7 Å². The van der Waals surface area contributed by atoms with Crippen LogP contribution >= 0.6 is 0 Å². The Morgan fingerprint density at radius 1 is 1.13 bits per heavy atom. The van der Waals surface area contributed by atoms with Crippen molar-refractivity contribution in [3.05, 3.63) is 53.4 Å². The van der Waals surface area contributed by atoms with Crippen molar-refractivity contribution < 1.29 is 9.32 Å². The lowest BCUT2D eigenvalue weighted by Gasteiger charge is -2.23. The maximum absolute atomic E-state index is 12.6. The van der Waals surface area contributed by atoms with Crippen molar-refractivity contribution >= 4 is 5.91 Å². The second-order valence-corrected chi connectivity index (χ2v) is 6.01. The molecule has 0 unspecified atom stereocenters.